The fourth-order valence-corrected chi connectivity index (χ4v) is 1.62. The minimum atomic E-state index is -0.0406. The highest BCUT2D eigenvalue weighted by atomic mass is 16.2. The largest absolute Gasteiger partial charge is 0.310 e. The maximum atomic E-state index is 11.4. The molecule has 0 aliphatic carbocycles. The summed E-state index contributed by atoms with van der Waals surface area (Å²) in [7, 11) is 0. The summed E-state index contributed by atoms with van der Waals surface area (Å²) in [5, 5.41) is 2.74. The van der Waals surface area contributed by atoms with E-state index in [2.05, 4.69) is 22.2 Å². The van der Waals surface area contributed by atoms with Crippen LogP contribution in [0.2, 0.25) is 0 Å². The van der Waals surface area contributed by atoms with E-state index >= 15 is 0 Å². The van der Waals surface area contributed by atoms with Crippen molar-refractivity contribution in [3.8, 4) is 0 Å². The molecular weight excluding hydrogens is 166 g/mol. The van der Waals surface area contributed by atoms with Crippen LogP contribution in [-0.4, -0.2) is 15.9 Å². The lowest BCUT2D eigenvalue weighted by molar-refractivity contribution is -0.117. The van der Waals surface area contributed by atoms with Crippen molar-refractivity contribution < 1.29 is 4.79 Å². The van der Waals surface area contributed by atoms with E-state index in [0.717, 1.165) is 18.4 Å². The zero-order valence-corrected chi connectivity index (χ0v) is 7.45. The maximum Gasteiger partial charge on any atom is 0.233 e. The van der Waals surface area contributed by atoms with E-state index in [1.54, 1.807) is 6.20 Å². The molecule has 1 aliphatic rings. The Hall–Kier alpha value is -1.45. The van der Waals surface area contributed by atoms with Crippen LogP contribution in [0.5, 0.6) is 0 Å². The molecule has 13 heavy (non-hydrogen) atoms. The van der Waals surface area contributed by atoms with Gasteiger partial charge in [0.05, 0.1) is 5.92 Å². The predicted molar refractivity (Wildman–Crippen MR) is 48.3 cm³/mol. The third-order valence-corrected chi connectivity index (χ3v) is 2.25. The molecule has 0 bridgehead atoms. The Morgan fingerprint density at radius 2 is 2.46 bits per heavy atom. The summed E-state index contributed by atoms with van der Waals surface area (Å²) in [6.07, 6.45) is 5.03. The molecule has 1 atom stereocenters. The van der Waals surface area contributed by atoms with Crippen LogP contribution in [0, 0.1) is 0 Å². The number of aromatic nitrogens is 2. The third kappa shape index (κ3) is 1.28. The van der Waals surface area contributed by atoms with Gasteiger partial charge in [-0.1, -0.05) is 13.3 Å². The molecular formula is C9H11N3O. The van der Waals surface area contributed by atoms with Crippen LogP contribution in [0.3, 0.4) is 0 Å². The lowest BCUT2D eigenvalue weighted by atomic mass is 9.99. The Balaban J connectivity index is 2.35. The van der Waals surface area contributed by atoms with Crippen molar-refractivity contribution in [1.82, 2.24) is 9.97 Å². The minimum Gasteiger partial charge on any atom is -0.310 e. The zero-order valence-electron chi connectivity index (χ0n) is 7.45. The number of hydrogen-bond acceptors (Lipinski definition) is 3. The van der Waals surface area contributed by atoms with Gasteiger partial charge in [-0.25, -0.2) is 9.97 Å². The first kappa shape index (κ1) is 8.16. The number of carbonyl (C=O) groups excluding carboxylic acids is 1. The van der Waals surface area contributed by atoms with Crippen molar-refractivity contribution in [1.29, 1.82) is 0 Å². The molecule has 1 amide bonds. The molecule has 0 aromatic carbocycles. The van der Waals surface area contributed by atoms with Crippen LogP contribution in [0.15, 0.2) is 12.5 Å². The third-order valence-electron chi connectivity index (χ3n) is 2.25. The maximum absolute atomic E-state index is 11.4. The van der Waals surface area contributed by atoms with Crippen molar-refractivity contribution >= 4 is 11.7 Å². The molecule has 1 aromatic heterocycles. The second-order valence-electron chi connectivity index (χ2n) is 3.16. The summed E-state index contributed by atoms with van der Waals surface area (Å²) >= 11 is 0. The predicted octanol–water partition coefficient (Wildman–Crippen LogP) is 1.31. The van der Waals surface area contributed by atoms with E-state index in [1.165, 1.54) is 6.33 Å². The van der Waals surface area contributed by atoms with E-state index in [9.17, 15) is 4.79 Å². The van der Waals surface area contributed by atoms with Crippen molar-refractivity contribution in [3.63, 3.8) is 0 Å². The summed E-state index contributed by atoms with van der Waals surface area (Å²) in [5.74, 6) is 0.692. The average molecular weight is 177 g/mol. The van der Waals surface area contributed by atoms with Gasteiger partial charge in [0.2, 0.25) is 5.91 Å². The normalized spacial score (nSPS) is 19.8. The second kappa shape index (κ2) is 3.12. The van der Waals surface area contributed by atoms with E-state index in [4.69, 9.17) is 0 Å². The standard InChI is InChI=1S/C9H11N3O/c1-2-3-6-7-4-10-5-11-8(7)12-9(6)13/h4-6H,2-3H2,1H3,(H,10,11,12,13). The van der Waals surface area contributed by atoms with Gasteiger partial charge in [-0.05, 0) is 6.42 Å². The topological polar surface area (TPSA) is 54.9 Å². The summed E-state index contributed by atoms with van der Waals surface area (Å²) in [5.41, 5.74) is 0.939. The number of carbonyl (C=O) groups is 1. The smallest absolute Gasteiger partial charge is 0.233 e. The van der Waals surface area contributed by atoms with Gasteiger partial charge in [-0.2, -0.15) is 0 Å². The Labute approximate surface area is 76.4 Å². The molecule has 1 aliphatic heterocycles. The number of anilines is 1. The van der Waals surface area contributed by atoms with Gasteiger partial charge < -0.3 is 5.32 Å². The Morgan fingerprint density at radius 1 is 1.62 bits per heavy atom. The molecule has 0 spiro atoms. The molecule has 1 unspecified atom stereocenters. The van der Waals surface area contributed by atoms with Gasteiger partial charge in [0, 0.05) is 11.8 Å². The SMILES string of the molecule is CCCC1C(=O)Nc2ncncc21. The number of nitrogens with zero attached hydrogens (tertiary/aromatic N) is 2. The van der Waals surface area contributed by atoms with Gasteiger partial charge in [0.15, 0.2) is 0 Å². The van der Waals surface area contributed by atoms with Gasteiger partial charge >= 0.3 is 0 Å². The quantitative estimate of drug-likeness (QED) is 0.741. The molecule has 68 valence electrons. The molecule has 0 radical (unpaired) electrons. The minimum absolute atomic E-state index is 0.0406. The van der Waals surface area contributed by atoms with E-state index in [0.29, 0.717) is 5.82 Å². The molecule has 4 heteroatoms. The lowest BCUT2D eigenvalue weighted by Gasteiger charge is -2.04. The van der Waals surface area contributed by atoms with Crippen LogP contribution in [0.25, 0.3) is 0 Å². The van der Waals surface area contributed by atoms with Crippen LogP contribution in [0.1, 0.15) is 31.2 Å². The highest BCUT2D eigenvalue weighted by molar-refractivity contribution is 6.01. The number of amides is 1. The van der Waals surface area contributed by atoms with Gasteiger partial charge in [-0.15, -0.1) is 0 Å². The highest BCUT2D eigenvalue weighted by Gasteiger charge is 2.30. The Kier molecular flexibility index (Phi) is 1.96. The molecule has 2 rings (SSSR count). The number of rotatable bonds is 2. The van der Waals surface area contributed by atoms with Gasteiger partial charge in [0.25, 0.3) is 0 Å². The molecule has 0 saturated heterocycles. The van der Waals surface area contributed by atoms with Crippen LogP contribution in [0.4, 0.5) is 5.82 Å². The van der Waals surface area contributed by atoms with Crippen LogP contribution in [-0.2, 0) is 4.79 Å². The Bertz CT molecular complexity index is 337. The number of fused-ring (bicyclic) bond motifs is 1. The molecule has 1 N–H and O–H groups in total. The fourth-order valence-electron chi connectivity index (χ4n) is 1.62. The average Bonchev–Trinajstić information content (AvgIpc) is 2.44. The number of nitrogens with one attached hydrogen (secondary N) is 1. The first-order chi connectivity index (χ1) is 6.33. The lowest BCUT2D eigenvalue weighted by Crippen LogP contribution is -2.11. The molecule has 1 aromatic rings. The summed E-state index contributed by atoms with van der Waals surface area (Å²) in [6.45, 7) is 2.06. The molecule has 4 nitrogen and oxygen atoms in total. The Morgan fingerprint density at radius 3 is 3.23 bits per heavy atom. The molecule has 0 saturated carbocycles. The monoisotopic (exact) mass is 177 g/mol. The van der Waals surface area contributed by atoms with Crippen LogP contribution < -0.4 is 5.32 Å². The van der Waals surface area contributed by atoms with Crippen LogP contribution >= 0.6 is 0 Å². The van der Waals surface area contributed by atoms with Crippen molar-refractivity contribution in [2.24, 2.45) is 0 Å². The fraction of sp³-hybridized carbons (Fsp3) is 0.444. The highest BCUT2D eigenvalue weighted by Crippen LogP contribution is 2.32. The van der Waals surface area contributed by atoms with Crippen molar-refractivity contribution in [2.75, 3.05) is 5.32 Å². The van der Waals surface area contributed by atoms with E-state index < -0.39 is 0 Å². The molecule has 0 fully saturated rings. The second-order valence-corrected chi connectivity index (χ2v) is 3.16. The van der Waals surface area contributed by atoms with E-state index in [1.807, 2.05) is 0 Å². The van der Waals surface area contributed by atoms with Crippen molar-refractivity contribution in [2.45, 2.75) is 25.7 Å². The molecule has 2 heterocycles. The van der Waals surface area contributed by atoms with Crippen molar-refractivity contribution in [3.05, 3.63) is 18.1 Å². The first-order valence-corrected chi connectivity index (χ1v) is 4.43. The van der Waals surface area contributed by atoms with Gasteiger partial charge in [0.1, 0.15) is 12.1 Å². The summed E-state index contributed by atoms with van der Waals surface area (Å²) < 4.78 is 0. The zero-order chi connectivity index (χ0) is 9.26. The number of hydrogen-bond donors (Lipinski definition) is 1. The summed E-state index contributed by atoms with van der Waals surface area (Å²) in [6, 6.07) is 0. The van der Waals surface area contributed by atoms with Gasteiger partial charge in [-0.3, -0.25) is 4.79 Å². The first-order valence-electron chi connectivity index (χ1n) is 4.43. The summed E-state index contributed by atoms with van der Waals surface area (Å²) in [4.78, 5) is 19.4. The van der Waals surface area contributed by atoms with E-state index in [-0.39, 0.29) is 11.8 Å².